The van der Waals surface area contributed by atoms with E-state index in [1.54, 1.807) is 24.1 Å². The quantitative estimate of drug-likeness (QED) is 0.184. The van der Waals surface area contributed by atoms with E-state index in [-0.39, 0.29) is 47.6 Å². The number of aromatic nitrogens is 3. The number of hydrogen-bond acceptors (Lipinski definition) is 8. The van der Waals surface area contributed by atoms with Crippen LogP contribution in [-0.2, 0) is 33.6 Å². The molecule has 5 N–H and O–H groups in total. The number of amides is 5. The van der Waals surface area contributed by atoms with Crippen LogP contribution in [0.3, 0.4) is 0 Å². The van der Waals surface area contributed by atoms with Gasteiger partial charge in [0, 0.05) is 67.5 Å². The smallest absolute Gasteiger partial charge is 0.259 e. The number of hydrogen-bond donors (Lipinski definition) is 5. The zero-order valence-electron chi connectivity index (χ0n) is 29.1. The van der Waals surface area contributed by atoms with Crippen LogP contribution in [0.5, 0.6) is 0 Å². The minimum absolute atomic E-state index is 0.113. The Labute approximate surface area is 294 Å². The number of carbonyl (C=O) groups excluding carboxylic acids is 5. The van der Waals surface area contributed by atoms with E-state index in [4.69, 9.17) is 5.10 Å². The average molecular weight is 691 g/mol. The number of piperidine rings is 1. The van der Waals surface area contributed by atoms with Gasteiger partial charge in [0.1, 0.15) is 5.69 Å². The third kappa shape index (κ3) is 5.93. The zero-order chi connectivity index (χ0) is 35.6. The zero-order valence-corrected chi connectivity index (χ0v) is 29.1. The van der Waals surface area contributed by atoms with Gasteiger partial charge in [-0.2, -0.15) is 5.10 Å². The molecule has 3 aliphatic heterocycles. The molecule has 13 heteroatoms. The maximum Gasteiger partial charge on any atom is 0.259 e. The Morgan fingerprint density at radius 1 is 1.02 bits per heavy atom. The fourth-order valence-corrected chi connectivity index (χ4v) is 8.32. The Morgan fingerprint density at radius 3 is 2.61 bits per heavy atom. The SMILES string of the molecule is CN(C(=O)C(Cc1ccc2c(c1C1CCC(=O)NC1=O)C(=O)NC2=O)N1CCNCC1)c1ccc2cc(-c3n[nH]c4c3CCC(C)(C)C4)[nH]c2c1. The van der Waals surface area contributed by atoms with Crippen molar-refractivity contribution in [2.24, 2.45) is 5.41 Å². The van der Waals surface area contributed by atoms with Gasteiger partial charge < -0.3 is 15.2 Å². The number of nitrogens with one attached hydrogen (secondary N) is 5. The van der Waals surface area contributed by atoms with Crippen molar-refractivity contribution >= 4 is 46.1 Å². The number of aromatic amines is 2. The lowest BCUT2D eigenvalue weighted by Gasteiger charge is -2.37. The van der Waals surface area contributed by atoms with Gasteiger partial charge in [-0.15, -0.1) is 0 Å². The first-order valence-corrected chi connectivity index (χ1v) is 17.7. The van der Waals surface area contributed by atoms with E-state index >= 15 is 0 Å². The predicted octanol–water partition coefficient (Wildman–Crippen LogP) is 2.96. The number of anilines is 1. The largest absolute Gasteiger partial charge is 0.353 e. The Morgan fingerprint density at radius 2 is 1.82 bits per heavy atom. The molecule has 0 spiro atoms. The minimum atomic E-state index is -0.808. The Hall–Kier alpha value is -5.14. The van der Waals surface area contributed by atoms with E-state index in [2.05, 4.69) is 50.8 Å². The average Bonchev–Trinajstić information content (AvgIpc) is 3.80. The van der Waals surface area contributed by atoms with E-state index < -0.39 is 29.7 Å². The third-order valence-electron chi connectivity index (χ3n) is 11.2. The number of carbonyl (C=O) groups is 5. The molecule has 0 radical (unpaired) electrons. The van der Waals surface area contributed by atoms with E-state index in [9.17, 15) is 24.0 Å². The maximum absolute atomic E-state index is 14.6. The van der Waals surface area contributed by atoms with Crippen LogP contribution in [0, 0.1) is 5.41 Å². The summed E-state index contributed by atoms with van der Waals surface area (Å²) in [5.74, 6) is -2.92. The molecule has 5 heterocycles. The van der Waals surface area contributed by atoms with Gasteiger partial charge in [0.05, 0.1) is 28.8 Å². The summed E-state index contributed by atoms with van der Waals surface area (Å²) in [6.45, 7) is 7.25. The first kappa shape index (κ1) is 33.0. The van der Waals surface area contributed by atoms with Gasteiger partial charge in [0.2, 0.25) is 17.7 Å². The monoisotopic (exact) mass is 690 g/mol. The summed E-state index contributed by atoms with van der Waals surface area (Å²) in [5.41, 5.74) is 7.59. The van der Waals surface area contributed by atoms with Crippen LogP contribution in [0.2, 0.25) is 0 Å². The van der Waals surface area contributed by atoms with Crippen molar-refractivity contribution in [3.63, 3.8) is 0 Å². The van der Waals surface area contributed by atoms with Crippen LogP contribution in [0.25, 0.3) is 22.3 Å². The summed E-state index contributed by atoms with van der Waals surface area (Å²) in [6, 6.07) is 10.7. The molecule has 0 bridgehead atoms. The summed E-state index contributed by atoms with van der Waals surface area (Å²) < 4.78 is 0. The number of fused-ring (bicyclic) bond motifs is 3. The first-order chi connectivity index (χ1) is 24.5. The second kappa shape index (κ2) is 12.6. The highest BCUT2D eigenvalue weighted by Crippen LogP contribution is 2.39. The number of imide groups is 2. The molecule has 4 aromatic rings. The highest BCUT2D eigenvalue weighted by Gasteiger charge is 2.40. The van der Waals surface area contributed by atoms with Crippen molar-refractivity contribution in [3.05, 3.63) is 69.9 Å². The number of likely N-dealkylation sites (N-methyl/N-ethyl adjacent to an activating group) is 1. The Kier molecular flexibility index (Phi) is 8.14. The summed E-state index contributed by atoms with van der Waals surface area (Å²) in [7, 11) is 1.77. The molecule has 5 amide bonds. The molecule has 51 heavy (non-hydrogen) atoms. The minimum Gasteiger partial charge on any atom is -0.353 e. The van der Waals surface area contributed by atoms with Crippen molar-refractivity contribution < 1.29 is 24.0 Å². The van der Waals surface area contributed by atoms with E-state index in [0.717, 1.165) is 47.2 Å². The lowest BCUT2D eigenvalue weighted by Crippen LogP contribution is -2.55. The summed E-state index contributed by atoms with van der Waals surface area (Å²) in [6.07, 6.45) is 3.56. The molecule has 2 saturated heterocycles. The normalized spacial score (nSPS) is 20.9. The topological polar surface area (TPSA) is 172 Å². The van der Waals surface area contributed by atoms with Gasteiger partial charge in [-0.1, -0.05) is 26.0 Å². The highest BCUT2D eigenvalue weighted by atomic mass is 16.2. The van der Waals surface area contributed by atoms with Gasteiger partial charge in [-0.25, -0.2) is 0 Å². The molecule has 264 valence electrons. The van der Waals surface area contributed by atoms with Gasteiger partial charge in [-0.3, -0.25) is 44.6 Å². The first-order valence-electron chi connectivity index (χ1n) is 17.7. The molecule has 0 saturated carbocycles. The molecular formula is C38H42N8O5. The molecular weight excluding hydrogens is 648 g/mol. The summed E-state index contributed by atoms with van der Waals surface area (Å²) >= 11 is 0. The number of rotatable bonds is 7. The van der Waals surface area contributed by atoms with Crippen LogP contribution in [0.15, 0.2) is 36.4 Å². The molecule has 1 aliphatic carbocycles. The second-order valence-electron chi connectivity index (χ2n) is 15.1. The molecule has 13 nitrogen and oxygen atoms in total. The highest BCUT2D eigenvalue weighted by molar-refractivity contribution is 6.23. The van der Waals surface area contributed by atoms with Crippen LogP contribution in [0.1, 0.15) is 82.1 Å². The van der Waals surface area contributed by atoms with Crippen LogP contribution in [-0.4, -0.2) is 88.9 Å². The lowest BCUT2D eigenvalue weighted by atomic mass is 9.76. The molecule has 4 aliphatic rings. The lowest BCUT2D eigenvalue weighted by molar-refractivity contribution is -0.134. The van der Waals surface area contributed by atoms with Gasteiger partial charge in [0.25, 0.3) is 11.8 Å². The van der Waals surface area contributed by atoms with Gasteiger partial charge in [0.15, 0.2) is 0 Å². The second-order valence-corrected chi connectivity index (χ2v) is 15.1. The van der Waals surface area contributed by atoms with E-state index in [1.807, 2.05) is 18.2 Å². The fraction of sp³-hybridized carbons (Fsp3) is 0.421. The molecule has 2 aromatic heterocycles. The number of nitrogens with zero attached hydrogens (tertiary/aromatic N) is 3. The fourth-order valence-electron chi connectivity index (χ4n) is 8.32. The van der Waals surface area contributed by atoms with Crippen molar-refractivity contribution in [1.29, 1.82) is 0 Å². The molecule has 2 aromatic carbocycles. The van der Waals surface area contributed by atoms with Crippen molar-refractivity contribution in [2.75, 3.05) is 38.1 Å². The molecule has 2 atom stereocenters. The third-order valence-corrected chi connectivity index (χ3v) is 11.2. The number of H-pyrrole nitrogens is 2. The predicted molar refractivity (Wildman–Crippen MR) is 190 cm³/mol. The molecule has 2 fully saturated rings. The summed E-state index contributed by atoms with van der Waals surface area (Å²) in [4.78, 5) is 73.0. The molecule has 8 rings (SSSR count). The van der Waals surface area contributed by atoms with Gasteiger partial charge in [-0.05, 0) is 72.9 Å². The summed E-state index contributed by atoms with van der Waals surface area (Å²) in [5, 5.41) is 17.1. The van der Waals surface area contributed by atoms with Crippen molar-refractivity contribution in [2.45, 2.75) is 64.3 Å². The maximum atomic E-state index is 14.6. The number of benzene rings is 2. The number of piperazine rings is 1. The standard InChI is InChI=1S/C38H42N8O5/c1-38(2)11-10-23-28(19-38)43-44-33(23)27-16-20-4-6-22(18-26(20)40-27)45(3)37(51)29(46-14-12-39-13-15-46)17-21-5-7-25-32(36(50)42-35(25)49)31(21)24-8-9-30(47)41-34(24)48/h4-7,16,18,24,29,39-40H,8-15,17,19H2,1-3H3,(H,43,44)(H,41,47,48)(H,42,49,50). The van der Waals surface area contributed by atoms with Crippen LogP contribution >= 0.6 is 0 Å². The van der Waals surface area contributed by atoms with E-state index in [0.29, 0.717) is 37.3 Å². The van der Waals surface area contributed by atoms with Crippen molar-refractivity contribution in [3.8, 4) is 11.4 Å². The van der Waals surface area contributed by atoms with Crippen LogP contribution < -0.4 is 20.9 Å². The Balaban J connectivity index is 1.12. The van der Waals surface area contributed by atoms with Gasteiger partial charge >= 0.3 is 0 Å². The van der Waals surface area contributed by atoms with Crippen molar-refractivity contribution in [1.82, 2.24) is 36.0 Å². The Bertz CT molecular complexity index is 2120. The molecule has 2 unspecified atom stereocenters. The van der Waals surface area contributed by atoms with Crippen LogP contribution in [0.4, 0.5) is 5.69 Å². The van der Waals surface area contributed by atoms with E-state index in [1.165, 1.54) is 11.3 Å².